The zero-order valence-corrected chi connectivity index (χ0v) is 10.4. The van der Waals surface area contributed by atoms with Crippen molar-refractivity contribution < 1.29 is 14.6 Å². The van der Waals surface area contributed by atoms with Crippen molar-refractivity contribution in [3.63, 3.8) is 0 Å². The van der Waals surface area contributed by atoms with E-state index in [9.17, 15) is 4.79 Å². The number of carbonyl (C=O) groups is 1. The molecule has 1 aromatic heterocycles. The van der Waals surface area contributed by atoms with Gasteiger partial charge in [-0.3, -0.25) is 0 Å². The lowest BCUT2D eigenvalue weighted by molar-refractivity contribution is 0.0520. The third kappa shape index (κ3) is 5.53. The van der Waals surface area contributed by atoms with Gasteiger partial charge in [0.2, 0.25) is 0 Å². The van der Waals surface area contributed by atoms with Crippen LogP contribution < -0.4 is 0 Å². The first-order valence-electron chi connectivity index (χ1n) is 4.47. The predicted molar refractivity (Wildman–Crippen MR) is 64.5 cm³/mol. The lowest BCUT2D eigenvalue weighted by Gasteiger charge is -1.96. The molecular formula is C10H17ClN2O3. The summed E-state index contributed by atoms with van der Waals surface area (Å²) in [5, 5.41) is 13.1. The monoisotopic (exact) mass is 248 g/mol. The molecule has 0 aliphatic rings. The van der Waals surface area contributed by atoms with Gasteiger partial charge in [-0.2, -0.15) is 0 Å². The maximum absolute atomic E-state index is 11.1. The number of H-pyrrole nitrogens is 1. The molecule has 1 rings (SSSR count). The second kappa shape index (κ2) is 10.2. The first-order chi connectivity index (χ1) is 7.65. The maximum atomic E-state index is 11.1. The van der Waals surface area contributed by atoms with Crippen LogP contribution in [0.3, 0.4) is 0 Å². The van der Waals surface area contributed by atoms with Crippen LogP contribution in [0, 0.1) is 12.3 Å². The molecule has 0 atom stereocenters. The number of nitrogens with one attached hydrogen (secondary N) is 2. The lowest BCUT2D eigenvalue weighted by atomic mass is 10.4. The van der Waals surface area contributed by atoms with E-state index in [-0.39, 0.29) is 5.97 Å². The van der Waals surface area contributed by atoms with Gasteiger partial charge in [-0.05, 0) is 26.6 Å². The number of hydrogen-bond donors (Lipinski definition) is 3. The molecule has 0 unspecified atom stereocenters. The molecule has 0 saturated heterocycles. The summed E-state index contributed by atoms with van der Waals surface area (Å²) in [6.07, 6.45) is 0. The molecule has 1 aromatic rings. The lowest BCUT2D eigenvalue weighted by Crippen LogP contribution is -2.04. The van der Waals surface area contributed by atoms with Gasteiger partial charge >= 0.3 is 5.97 Å². The van der Waals surface area contributed by atoms with Gasteiger partial charge in [0.25, 0.3) is 0 Å². The van der Waals surface area contributed by atoms with Crippen molar-refractivity contribution in [1.82, 2.24) is 4.98 Å². The minimum Gasteiger partial charge on any atom is -0.461 e. The van der Waals surface area contributed by atoms with Crippen molar-refractivity contribution in [3.8, 4) is 0 Å². The maximum Gasteiger partial charge on any atom is 0.354 e. The van der Waals surface area contributed by atoms with Gasteiger partial charge in [-0.15, -0.1) is 0 Å². The van der Waals surface area contributed by atoms with Crippen LogP contribution in [0.25, 0.3) is 0 Å². The summed E-state index contributed by atoms with van der Waals surface area (Å²) in [6.45, 7) is 6.43. The molecule has 16 heavy (non-hydrogen) atoms. The summed E-state index contributed by atoms with van der Waals surface area (Å²) in [7, 11) is 1.00. The van der Waals surface area contributed by atoms with Crippen molar-refractivity contribution in [2.45, 2.75) is 13.8 Å². The molecule has 6 heteroatoms. The first kappa shape index (κ1) is 17.1. The SMILES string of the molecule is C=N.CCOC(=O)c1cc(Cl)c(C)[nH]1.CO. The number of esters is 1. The Morgan fingerprint density at radius 2 is 2.12 bits per heavy atom. The summed E-state index contributed by atoms with van der Waals surface area (Å²) >= 11 is 5.73. The van der Waals surface area contributed by atoms with Crippen LogP contribution in [0.1, 0.15) is 23.1 Å². The zero-order chi connectivity index (χ0) is 13.1. The molecule has 0 amide bonds. The Kier molecular flexibility index (Phi) is 10.9. The second-order valence-electron chi connectivity index (χ2n) is 2.38. The number of aliphatic hydroxyl groups excluding tert-OH is 1. The van der Waals surface area contributed by atoms with Gasteiger partial charge in [0.15, 0.2) is 0 Å². The number of hydrogen-bond acceptors (Lipinski definition) is 4. The predicted octanol–water partition coefficient (Wildman–Crippen LogP) is 2.03. The molecular weight excluding hydrogens is 232 g/mol. The molecule has 1 heterocycles. The van der Waals surface area contributed by atoms with Crippen LogP contribution in [0.4, 0.5) is 0 Å². The van der Waals surface area contributed by atoms with Gasteiger partial charge < -0.3 is 20.2 Å². The largest absolute Gasteiger partial charge is 0.461 e. The topological polar surface area (TPSA) is 86.2 Å². The van der Waals surface area contributed by atoms with Gasteiger partial charge in [0.1, 0.15) is 5.69 Å². The van der Waals surface area contributed by atoms with E-state index in [0.717, 1.165) is 12.8 Å². The fraction of sp³-hybridized carbons (Fsp3) is 0.400. The Hall–Kier alpha value is -1.33. The number of aryl methyl sites for hydroxylation is 1. The highest BCUT2D eigenvalue weighted by Crippen LogP contribution is 2.16. The van der Waals surface area contributed by atoms with E-state index < -0.39 is 0 Å². The van der Waals surface area contributed by atoms with Gasteiger partial charge in [-0.1, -0.05) is 11.6 Å². The molecule has 0 aromatic carbocycles. The Morgan fingerprint density at radius 1 is 1.62 bits per heavy atom. The molecule has 0 fully saturated rings. The Labute approximate surface area is 99.9 Å². The molecule has 0 aliphatic carbocycles. The van der Waals surface area contributed by atoms with E-state index >= 15 is 0 Å². The van der Waals surface area contributed by atoms with Crippen molar-refractivity contribution in [3.05, 3.63) is 22.5 Å². The number of aromatic amines is 1. The van der Waals surface area contributed by atoms with E-state index in [1.165, 1.54) is 0 Å². The van der Waals surface area contributed by atoms with Crippen LogP contribution in [0.2, 0.25) is 5.02 Å². The molecule has 3 N–H and O–H groups in total. The molecule has 5 nitrogen and oxygen atoms in total. The van der Waals surface area contributed by atoms with Crippen LogP contribution in [-0.4, -0.2) is 36.5 Å². The summed E-state index contributed by atoms with van der Waals surface area (Å²) in [4.78, 5) is 13.9. The zero-order valence-electron chi connectivity index (χ0n) is 9.63. The van der Waals surface area contributed by atoms with E-state index in [1.54, 1.807) is 19.9 Å². The fourth-order valence-corrected chi connectivity index (χ4v) is 1.01. The molecule has 0 bridgehead atoms. The summed E-state index contributed by atoms with van der Waals surface area (Å²) in [5.41, 5.74) is 1.18. The highest BCUT2D eigenvalue weighted by Gasteiger charge is 2.10. The van der Waals surface area contributed by atoms with Crippen molar-refractivity contribution in [2.24, 2.45) is 0 Å². The third-order valence-corrected chi connectivity index (χ3v) is 1.84. The first-order valence-corrected chi connectivity index (χ1v) is 4.85. The standard InChI is InChI=1S/C8H10ClNO2.CH3N.CH4O/c1-3-12-8(11)7-4-6(9)5(2)10-7;2*1-2/h4,10H,3H2,1-2H3;2H,1H2;2H,1H3. The van der Waals surface area contributed by atoms with E-state index in [0.29, 0.717) is 17.3 Å². The second-order valence-corrected chi connectivity index (χ2v) is 2.78. The molecule has 0 radical (unpaired) electrons. The number of rotatable bonds is 2. The molecule has 0 saturated carbocycles. The summed E-state index contributed by atoms with van der Waals surface area (Å²) < 4.78 is 4.77. The third-order valence-electron chi connectivity index (χ3n) is 1.45. The number of carbonyl (C=O) groups excluding carboxylic acids is 1. The highest BCUT2D eigenvalue weighted by molar-refractivity contribution is 6.31. The molecule has 0 aliphatic heterocycles. The fourth-order valence-electron chi connectivity index (χ4n) is 0.852. The molecule has 0 spiro atoms. The van der Waals surface area contributed by atoms with Crippen molar-refractivity contribution in [1.29, 1.82) is 5.41 Å². The number of aromatic nitrogens is 1. The minimum absolute atomic E-state index is 0.368. The smallest absolute Gasteiger partial charge is 0.354 e. The number of aliphatic hydroxyl groups is 1. The van der Waals surface area contributed by atoms with Crippen molar-refractivity contribution >= 4 is 24.3 Å². The highest BCUT2D eigenvalue weighted by atomic mass is 35.5. The Morgan fingerprint density at radius 3 is 2.44 bits per heavy atom. The Balaban J connectivity index is 0. The average molecular weight is 249 g/mol. The van der Waals surface area contributed by atoms with E-state index in [1.807, 2.05) is 0 Å². The average Bonchev–Trinajstić information content (AvgIpc) is 2.65. The minimum atomic E-state index is -0.368. The van der Waals surface area contributed by atoms with E-state index in [2.05, 4.69) is 11.7 Å². The van der Waals surface area contributed by atoms with Gasteiger partial charge in [0.05, 0.1) is 11.6 Å². The van der Waals surface area contributed by atoms with Crippen LogP contribution in [0.15, 0.2) is 6.07 Å². The van der Waals surface area contributed by atoms with Gasteiger partial charge in [-0.25, -0.2) is 4.79 Å². The normalized spacial score (nSPS) is 8.06. The number of halogens is 1. The van der Waals surface area contributed by atoms with Crippen molar-refractivity contribution in [2.75, 3.05) is 13.7 Å². The van der Waals surface area contributed by atoms with Gasteiger partial charge in [0, 0.05) is 12.8 Å². The Bertz CT molecular complexity index is 294. The number of ether oxygens (including phenoxy) is 1. The molecule has 92 valence electrons. The van der Waals surface area contributed by atoms with Crippen LogP contribution in [-0.2, 0) is 4.74 Å². The quantitative estimate of drug-likeness (QED) is 0.553. The summed E-state index contributed by atoms with van der Waals surface area (Å²) in [5.74, 6) is -0.368. The summed E-state index contributed by atoms with van der Waals surface area (Å²) in [6, 6.07) is 1.56. The van der Waals surface area contributed by atoms with Crippen LogP contribution >= 0.6 is 11.6 Å². The van der Waals surface area contributed by atoms with Crippen LogP contribution in [0.5, 0.6) is 0 Å². The van der Waals surface area contributed by atoms with E-state index in [4.69, 9.17) is 26.9 Å².